The van der Waals surface area contributed by atoms with Gasteiger partial charge in [-0.2, -0.15) is 15.1 Å². The number of halogens is 1. The first-order valence-corrected chi connectivity index (χ1v) is 7.14. The zero-order valence-corrected chi connectivity index (χ0v) is 12.4. The van der Waals surface area contributed by atoms with Crippen LogP contribution in [0.5, 0.6) is 0 Å². The van der Waals surface area contributed by atoms with Crippen LogP contribution in [-0.2, 0) is 0 Å². The summed E-state index contributed by atoms with van der Waals surface area (Å²) in [7, 11) is 0. The minimum atomic E-state index is 0.257. The van der Waals surface area contributed by atoms with E-state index in [0.717, 1.165) is 24.2 Å². The van der Waals surface area contributed by atoms with E-state index in [1.165, 1.54) is 12.8 Å². The minimum Gasteiger partial charge on any atom is -0.353 e. The average Bonchev–Trinajstić information content (AvgIpc) is 2.81. The van der Waals surface area contributed by atoms with Gasteiger partial charge in [0.2, 0.25) is 5.28 Å². The summed E-state index contributed by atoms with van der Waals surface area (Å²) in [5.74, 6) is 0.870. The second-order valence-electron chi connectivity index (χ2n) is 4.94. The van der Waals surface area contributed by atoms with Gasteiger partial charge in [-0.15, -0.1) is 0 Å². The molecule has 0 saturated carbocycles. The molecule has 2 heterocycles. The Balaban J connectivity index is 2.35. The Morgan fingerprint density at radius 3 is 2.79 bits per heavy atom. The summed E-state index contributed by atoms with van der Waals surface area (Å²) in [6.07, 6.45) is 5.33. The van der Waals surface area contributed by atoms with Crippen molar-refractivity contribution < 1.29 is 0 Å². The molecule has 0 unspecified atom stereocenters. The summed E-state index contributed by atoms with van der Waals surface area (Å²) in [5, 5.41) is 8.06. The SMILES string of the molecule is CCCCCN(c1nc(Cl)nc2[nH]ncc12)C(C)C. The Kier molecular flexibility index (Phi) is 4.58. The maximum Gasteiger partial charge on any atom is 0.226 e. The molecular weight excluding hydrogens is 262 g/mol. The van der Waals surface area contributed by atoms with E-state index in [4.69, 9.17) is 11.6 Å². The molecule has 2 aromatic rings. The number of anilines is 1. The third kappa shape index (κ3) is 3.15. The zero-order valence-electron chi connectivity index (χ0n) is 11.6. The van der Waals surface area contributed by atoms with Gasteiger partial charge in [-0.1, -0.05) is 19.8 Å². The standard InChI is InChI=1S/C13H20ClN5/c1-4-5-6-7-19(9(2)3)12-10-8-15-18-11(10)16-13(14)17-12/h8-9H,4-7H2,1-3H3,(H,15,16,17,18). The van der Waals surface area contributed by atoms with Crippen LogP contribution >= 0.6 is 11.6 Å². The number of aromatic nitrogens is 4. The lowest BCUT2D eigenvalue weighted by atomic mass is 10.2. The number of nitrogens with zero attached hydrogens (tertiary/aromatic N) is 4. The summed E-state index contributed by atoms with van der Waals surface area (Å²) >= 11 is 5.99. The minimum absolute atomic E-state index is 0.257. The first-order chi connectivity index (χ1) is 9.13. The van der Waals surface area contributed by atoms with Crippen molar-refractivity contribution in [2.24, 2.45) is 0 Å². The van der Waals surface area contributed by atoms with Gasteiger partial charge in [0.05, 0.1) is 11.6 Å². The third-order valence-electron chi connectivity index (χ3n) is 3.16. The van der Waals surface area contributed by atoms with Gasteiger partial charge in [0, 0.05) is 12.6 Å². The Morgan fingerprint density at radius 1 is 1.32 bits per heavy atom. The van der Waals surface area contributed by atoms with E-state index in [1.807, 2.05) is 0 Å². The van der Waals surface area contributed by atoms with Crippen molar-refractivity contribution in [3.63, 3.8) is 0 Å². The van der Waals surface area contributed by atoms with E-state index in [-0.39, 0.29) is 5.28 Å². The average molecular weight is 282 g/mol. The number of rotatable bonds is 6. The van der Waals surface area contributed by atoms with Crippen molar-refractivity contribution in [2.75, 3.05) is 11.4 Å². The predicted octanol–water partition coefficient (Wildman–Crippen LogP) is 3.41. The van der Waals surface area contributed by atoms with E-state index in [0.29, 0.717) is 11.7 Å². The lowest BCUT2D eigenvalue weighted by Gasteiger charge is -2.28. The van der Waals surface area contributed by atoms with Crippen LogP contribution in [0.25, 0.3) is 11.0 Å². The maximum absolute atomic E-state index is 5.99. The van der Waals surface area contributed by atoms with E-state index in [9.17, 15) is 0 Å². The number of unbranched alkanes of at least 4 members (excludes halogenated alkanes) is 2. The fourth-order valence-corrected chi connectivity index (χ4v) is 2.32. The molecule has 0 aliphatic heterocycles. The molecule has 0 bridgehead atoms. The normalized spacial score (nSPS) is 11.4. The number of hydrogen-bond donors (Lipinski definition) is 1. The first-order valence-electron chi connectivity index (χ1n) is 6.76. The molecule has 0 aliphatic rings. The van der Waals surface area contributed by atoms with Crippen LogP contribution < -0.4 is 4.90 Å². The summed E-state index contributed by atoms with van der Waals surface area (Å²) in [5.41, 5.74) is 0.691. The molecule has 19 heavy (non-hydrogen) atoms. The van der Waals surface area contributed by atoms with Crippen LogP contribution in [-0.4, -0.2) is 32.8 Å². The van der Waals surface area contributed by atoms with Crippen LogP contribution in [0.3, 0.4) is 0 Å². The fourth-order valence-electron chi connectivity index (χ4n) is 2.15. The molecule has 0 atom stereocenters. The van der Waals surface area contributed by atoms with E-state index >= 15 is 0 Å². The number of hydrogen-bond acceptors (Lipinski definition) is 4. The molecule has 0 spiro atoms. The van der Waals surface area contributed by atoms with Gasteiger partial charge in [-0.25, -0.2) is 0 Å². The lowest BCUT2D eigenvalue weighted by Crippen LogP contribution is -2.32. The van der Waals surface area contributed by atoms with Gasteiger partial charge in [-0.05, 0) is 31.9 Å². The van der Waals surface area contributed by atoms with Crippen molar-refractivity contribution in [1.29, 1.82) is 0 Å². The van der Waals surface area contributed by atoms with Crippen molar-refractivity contribution in [2.45, 2.75) is 46.1 Å². The van der Waals surface area contributed by atoms with Gasteiger partial charge in [0.25, 0.3) is 0 Å². The smallest absolute Gasteiger partial charge is 0.226 e. The van der Waals surface area contributed by atoms with Crippen LogP contribution in [0.1, 0.15) is 40.0 Å². The van der Waals surface area contributed by atoms with E-state index < -0.39 is 0 Å². The molecule has 0 amide bonds. The lowest BCUT2D eigenvalue weighted by molar-refractivity contribution is 0.621. The van der Waals surface area contributed by atoms with Crippen molar-refractivity contribution in [1.82, 2.24) is 20.2 Å². The molecule has 0 aliphatic carbocycles. The molecule has 0 fully saturated rings. The Labute approximate surface area is 118 Å². The highest BCUT2D eigenvalue weighted by molar-refractivity contribution is 6.28. The van der Waals surface area contributed by atoms with Gasteiger partial charge in [-0.3, -0.25) is 5.10 Å². The Morgan fingerprint density at radius 2 is 2.11 bits per heavy atom. The molecule has 0 saturated heterocycles. The number of nitrogens with one attached hydrogen (secondary N) is 1. The molecule has 0 radical (unpaired) electrons. The molecular formula is C13H20ClN5. The highest BCUT2D eigenvalue weighted by atomic mass is 35.5. The van der Waals surface area contributed by atoms with Crippen molar-refractivity contribution >= 4 is 28.5 Å². The predicted molar refractivity (Wildman–Crippen MR) is 78.7 cm³/mol. The van der Waals surface area contributed by atoms with E-state index in [2.05, 4.69) is 45.8 Å². The molecule has 1 N–H and O–H groups in total. The highest BCUT2D eigenvalue weighted by Gasteiger charge is 2.17. The molecule has 0 aromatic carbocycles. The molecule has 2 aromatic heterocycles. The maximum atomic E-state index is 5.99. The number of H-pyrrole nitrogens is 1. The summed E-state index contributed by atoms with van der Waals surface area (Å²) in [6, 6.07) is 0.362. The second kappa shape index (κ2) is 6.19. The molecule has 104 valence electrons. The van der Waals surface area contributed by atoms with Gasteiger partial charge >= 0.3 is 0 Å². The highest BCUT2D eigenvalue weighted by Crippen LogP contribution is 2.25. The van der Waals surface area contributed by atoms with Gasteiger partial charge in [0.1, 0.15) is 5.82 Å². The quantitative estimate of drug-likeness (QED) is 0.651. The Hall–Kier alpha value is -1.36. The monoisotopic (exact) mass is 281 g/mol. The number of fused-ring (bicyclic) bond motifs is 1. The largest absolute Gasteiger partial charge is 0.353 e. The summed E-state index contributed by atoms with van der Waals surface area (Å²) < 4.78 is 0. The number of aromatic amines is 1. The topological polar surface area (TPSA) is 57.7 Å². The van der Waals surface area contributed by atoms with Crippen molar-refractivity contribution in [3.8, 4) is 0 Å². The van der Waals surface area contributed by atoms with Crippen LogP contribution in [0.15, 0.2) is 6.20 Å². The third-order valence-corrected chi connectivity index (χ3v) is 3.33. The van der Waals surface area contributed by atoms with Crippen molar-refractivity contribution in [3.05, 3.63) is 11.5 Å². The zero-order chi connectivity index (χ0) is 13.8. The van der Waals surface area contributed by atoms with Gasteiger partial charge in [0.15, 0.2) is 5.65 Å². The van der Waals surface area contributed by atoms with Crippen LogP contribution in [0.4, 0.5) is 5.82 Å². The first kappa shape index (κ1) is 14.1. The molecule has 6 heteroatoms. The van der Waals surface area contributed by atoms with Gasteiger partial charge < -0.3 is 4.90 Å². The van der Waals surface area contributed by atoms with Crippen LogP contribution in [0, 0.1) is 0 Å². The Bertz CT molecular complexity index is 537. The van der Waals surface area contributed by atoms with E-state index in [1.54, 1.807) is 6.20 Å². The molecule has 2 rings (SSSR count). The second-order valence-corrected chi connectivity index (χ2v) is 5.28. The fraction of sp³-hybridized carbons (Fsp3) is 0.615. The molecule has 5 nitrogen and oxygen atoms in total. The summed E-state index contributed by atoms with van der Waals surface area (Å²) in [4.78, 5) is 10.8. The summed E-state index contributed by atoms with van der Waals surface area (Å²) in [6.45, 7) is 7.50. The van der Waals surface area contributed by atoms with Crippen LogP contribution in [0.2, 0.25) is 5.28 Å².